The van der Waals surface area contributed by atoms with Gasteiger partial charge in [0.15, 0.2) is 5.41 Å². The molecule has 0 aromatic heterocycles. The molecule has 9 nitrogen and oxygen atoms in total. The van der Waals surface area contributed by atoms with Gasteiger partial charge in [0.05, 0.1) is 34.0 Å². The second-order valence-electron chi connectivity index (χ2n) is 4.88. The van der Waals surface area contributed by atoms with Crippen molar-refractivity contribution in [3.63, 3.8) is 0 Å². The molecule has 0 saturated heterocycles. The molecule has 0 saturated carbocycles. The average molecular weight is 330 g/mol. The summed E-state index contributed by atoms with van der Waals surface area (Å²) in [4.78, 5) is 48.1. The predicted molar refractivity (Wildman–Crippen MR) is 72.9 cm³/mol. The standard InChI is InChI=1S/C14H18O9/c1-20-10(16)7-5-14(12(18)22-3,13(19)23-4)6-8(9(7)15)11(17)21-2/h7,15H,5-6H2,1-4H3/t7-/m1/s1. The molecule has 23 heavy (non-hydrogen) atoms. The number of carbonyl (C=O) groups excluding carboxylic acids is 4. The van der Waals surface area contributed by atoms with E-state index in [9.17, 15) is 24.3 Å². The van der Waals surface area contributed by atoms with Crippen molar-refractivity contribution >= 4 is 23.9 Å². The van der Waals surface area contributed by atoms with Gasteiger partial charge in [0, 0.05) is 6.42 Å². The normalized spacial score (nSPS) is 19.6. The second kappa shape index (κ2) is 7.12. The van der Waals surface area contributed by atoms with E-state index in [1.165, 1.54) is 0 Å². The van der Waals surface area contributed by atoms with Crippen molar-refractivity contribution in [2.24, 2.45) is 11.3 Å². The van der Waals surface area contributed by atoms with E-state index < -0.39 is 53.8 Å². The van der Waals surface area contributed by atoms with Gasteiger partial charge < -0.3 is 24.1 Å². The summed E-state index contributed by atoms with van der Waals surface area (Å²) in [6, 6.07) is 0. The van der Waals surface area contributed by atoms with E-state index in [1.54, 1.807) is 0 Å². The van der Waals surface area contributed by atoms with Crippen molar-refractivity contribution in [3.8, 4) is 0 Å². The lowest BCUT2D eigenvalue weighted by Gasteiger charge is -2.35. The maximum atomic E-state index is 12.2. The van der Waals surface area contributed by atoms with Gasteiger partial charge in [-0.2, -0.15) is 0 Å². The minimum atomic E-state index is -1.96. The number of rotatable bonds is 4. The molecule has 0 bridgehead atoms. The van der Waals surface area contributed by atoms with Gasteiger partial charge in [-0.15, -0.1) is 0 Å². The zero-order valence-corrected chi connectivity index (χ0v) is 13.2. The molecule has 0 radical (unpaired) electrons. The predicted octanol–water partition coefficient (Wildman–Crippen LogP) is -0.113. The average Bonchev–Trinajstić information content (AvgIpc) is 2.59. The van der Waals surface area contributed by atoms with Crippen molar-refractivity contribution in [1.82, 2.24) is 0 Å². The van der Waals surface area contributed by atoms with E-state index in [4.69, 9.17) is 0 Å². The summed E-state index contributed by atoms with van der Waals surface area (Å²) in [5.74, 6) is -5.89. The van der Waals surface area contributed by atoms with E-state index in [-0.39, 0.29) is 5.57 Å². The lowest BCUT2D eigenvalue weighted by Crippen LogP contribution is -2.48. The van der Waals surface area contributed by atoms with Gasteiger partial charge in [-0.3, -0.25) is 14.4 Å². The van der Waals surface area contributed by atoms with E-state index in [2.05, 4.69) is 18.9 Å². The Labute approximate surface area is 132 Å². The molecule has 0 spiro atoms. The van der Waals surface area contributed by atoms with E-state index >= 15 is 0 Å². The second-order valence-corrected chi connectivity index (χ2v) is 4.88. The third-order valence-electron chi connectivity index (χ3n) is 3.74. The third kappa shape index (κ3) is 3.13. The Morgan fingerprint density at radius 3 is 1.87 bits per heavy atom. The van der Waals surface area contributed by atoms with Gasteiger partial charge >= 0.3 is 23.9 Å². The number of aliphatic hydroxyl groups excluding tert-OH is 1. The van der Waals surface area contributed by atoms with Crippen LogP contribution in [-0.2, 0) is 38.1 Å². The van der Waals surface area contributed by atoms with Crippen LogP contribution in [0.4, 0.5) is 0 Å². The minimum absolute atomic E-state index is 0.384. The summed E-state index contributed by atoms with van der Waals surface area (Å²) < 4.78 is 18.3. The maximum absolute atomic E-state index is 12.2. The van der Waals surface area contributed by atoms with Crippen LogP contribution in [0.25, 0.3) is 0 Å². The van der Waals surface area contributed by atoms with Crippen molar-refractivity contribution in [2.75, 3.05) is 28.4 Å². The fourth-order valence-electron chi connectivity index (χ4n) is 2.54. The highest BCUT2D eigenvalue weighted by Gasteiger charge is 2.56. The van der Waals surface area contributed by atoms with Gasteiger partial charge in [0.1, 0.15) is 11.7 Å². The monoisotopic (exact) mass is 330 g/mol. The summed E-state index contributed by atoms with van der Waals surface area (Å²) in [6.45, 7) is 0. The fourth-order valence-corrected chi connectivity index (χ4v) is 2.54. The lowest BCUT2D eigenvalue weighted by molar-refractivity contribution is -0.172. The van der Waals surface area contributed by atoms with Crippen LogP contribution in [0.1, 0.15) is 12.8 Å². The first-order valence-electron chi connectivity index (χ1n) is 6.54. The molecule has 0 amide bonds. The zero-order chi connectivity index (χ0) is 17.8. The van der Waals surface area contributed by atoms with Gasteiger partial charge in [0.2, 0.25) is 0 Å². The number of carbonyl (C=O) groups is 4. The molecule has 0 aromatic carbocycles. The largest absolute Gasteiger partial charge is 0.511 e. The van der Waals surface area contributed by atoms with Crippen LogP contribution in [0.5, 0.6) is 0 Å². The van der Waals surface area contributed by atoms with E-state index in [1.807, 2.05) is 0 Å². The van der Waals surface area contributed by atoms with Crippen LogP contribution in [0.3, 0.4) is 0 Å². The van der Waals surface area contributed by atoms with Gasteiger partial charge in [-0.25, -0.2) is 4.79 Å². The van der Waals surface area contributed by atoms with Crippen molar-refractivity contribution in [1.29, 1.82) is 0 Å². The number of aliphatic hydroxyl groups is 1. The van der Waals surface area contributed by atoms with E-state index in [0.717, 1.165) is 28.4 Å². The number of ether oxygens (including phenoxy) is 4. The number of methoxy groups -OCH3 is 4. The number of hydrogen-bond acceptors (Lipinski definition) is 9. The summed E-state index contributed by atoms with van der Waals surface area (Å²) in [6.07, 6.45) is -0.969. The van der Waals surface area contributed by atoms with Gasteiger partial charge in [-0.1, -0.05) is 0 Å². The summed E-state index contributed by atoms with van der Waals surface area (Å²) in [7, 11) is 4.23. The highest BCUT2D eigenvalue weighted by atomic mass is 16.5. The first-order chi connectivity index (χ1) is 10.8. The zero-order valence-electron chi connectivity index (χ0n) is 13.2. The summed E-state index contributed by atoms with van der Waals surface area (Å²) >= 11 is 0. The molecule has 1 atom stereocenters. The molecule has 0 fully saturated rings. The fraction of sp³-hybridized carbons (Fsp3) is 0.571. The van der Waals surface area contributed by atoms with Crippen molar-refractivity contribution < 1.29 is 43.2 Å². The van der Waals surface area contributed by atoms with Crippen LogP contribution >= 0.6 is 0 Å². The first kappa shape index (κ1) is 18.5. The minimum Gasteiger partial charge on any atom is -0.511 e. The topological polar surface area (TPSA) is 125 Å². The molecule has 1 rings (SSSR count). The number of hydrogen-bond donors (Lipinski definition) is 1. The number of esters is 4. The van der Waals surface area contributed by atoms with Crippen LogP contribution in [0.15, 0.2) is 11.3 Å². The van der Waals surface area contributed by atoms with E-state index in [0.29, 0.717) is 0 Å². The summed E-state index contributed by atoms with van der Waals surface area (Å²) in [5.41, 5.74) is -2.34. The maximum Gasteiger partial charge on any atom is 0.337 e. The lowest BCUT2D eigenvalue weighted by atomic mass is 9.69. The van der Waals surface area contributed by atoms with Crippen molar-refractivity contribution in [2.45, 2.75) is 12.8 Å². The Morgan fingerprint density at radius 1 is 0.957 bits per heavy atom. The van der Waals surface area contributed by atoms with Crippen molar-refractivity contribution in [3.05, 3.63) is 11.3 Å². The Kier molecular flexibility index (Phi) is 5.72. The van der Waals surface area contributed by atoms with Crippen LogP contribution in [-0.4, -0.2) is 57.4 Å². The Morgan fingerprint density at radius 2 is 1.48 bits per heavy atom. The molecule has 0 unspecified atom stereocenters. The molecular formula is C14H18O9. The molecule has 128 valence electrons. The third-order valence-corrected chi connectivity index (χ3v) is 3.74. The molecule has 0 aromatic rings. The Balaban J connectivity index is 3.53. The Bertz CT molecular complexity index is 545. The molecule has 1 N–H and O–H groups in total. The van der Waals surface area contributed by atoms with Crippen LogP contribution in [0.2, 0.25) is 0 Å². The molecule has 1 aliphatic rings. The molecule has 0 heterocycles. The molecular weight excluding hydrogens is 312 g/mol. The smallest absolute Gasteiger partial charge is 0.337 e. The molecule has 0 aliphatic heterocycles. The van der Waals surface area contributed by atoms with Crippen LogP contribution in [0, 0.1) is 11.3 Å². The van der Waals surface area contributed by atoms with Gasteiger partial charge in [0.25, 0.3) is 0 Å². The van der Waals surface area contributed by atoms with Gasteiger partial charge in [-0.05, 0) is 6.42 Å². The summed E-state index contributed by atoms with van der Waals surface area (Å²) in [5, 5.41) is 10.1. The van der Waals surface area contributed by atoms with Crippen LogP contribution < -0.4 is 0 Å². The molecule has 1 aliphatic carbocycles. The quantitative estimate of drug-likeness (QED) is 0.426. The highest BCUT2D eigenvalue weighted by molar-refractivity contribution is 6.04. The highest BCUT2D eigenvalue weighted by Crippen LogP contribution is 2.44. The Hall–Kier alpha value is -2.58. The molecule has 9 heteroatoms. The SMILES string of the molecule is COC(=O)C1=C(O)[C@H](C(=O)OC)CC(C(=O)OC)(C(=O)OC)C1. The first-order valence-corrected chi connectivity index (χ1v) is 6.54.